The van der Waals surface area contributed by atoms with Crippen molar-refractivity contribution in [2.75, 3.05) is 11.9 Å². The van der Waals surface area contributed by atoms with Crippen LogP contribution in [0.15, 0.2) is 35.2 Å². The van der Waals surface area contributed by atoms with Gasteiger partial charge in [-0.25, -0.2) is 0 Å². The van der Waals surface area contributed by atoms with Crippen LogP contribution in [0, 0.1) is 0 Å². The minimum Gasteiger partial charge on any atom is -0.330 e. The topological polar surface area (TPSA) is 80.9 Å². The Hall–Kier alpha value is -1.44. The lowest BCUT2D eigenvalue weighted by molar-refractivity contribution is -0.115. The summed E-state index contributed by atoms with van der Waals surface area (Å²) in [5.74, 6) is -0.0747. The first-order chi connectivity index (χ1) is 9.69. The lowest BCUT2D eigenvalue weighted by Gasteiger charge is -2.09. The van der Waals surface area contributed by atoms with Gasteiger partial charge in [-0.2, -0.15) is 0 Å². The first-order valence-electron chi connectivity index (χ1n) is 6.24. The van der Waals surface area contributed by atoms with Crippen molar-refractivity contribution >= 4 is 34.1 Å². The molecule has 1 heterocycles. The van der Waals surface area contributed by atoms with Gasteiger partial charge in [0.05, 0.1) is 5.25 Å². The maximum Gasteiger partial charge on any atom is 0.239 e. The molecular formula is C13H16N4OS2. The van der Waals surface area contributed by atoms with Crippen LogP contribution in [-0.2, 0) is 11.2 Å². The number of anilines is 1. The van der Waals surface area contributed by atoms with Gasteiger partial charge in [0.15, 0.2) is 0 Å². The Morgan fingerprint density at radius 3 is 2.85 bits per heavy atom. The monoisotopic (exact) mass is 308 g/mol. The van der Waals surface area contributed by atoms with E-state index < -0.39 is 0 Å². The summed E-state index contributed by atoms with van der Waals surface area (Å²) < 4.78 is 0. The third-order valence-electron chi connectivity index (χ3n) is 2.48. The summed E-state index contributed by atoms with van der Waals surface area (Å²) in [6.45, 7) is 2.40. The van der Waals surface area contributed by atoms with E-state index in [1.165, 1.54) is 23.1 Å². The molecule has 2 aromatic rings. The maximum atomic E-state index is 12.1. The van der Waals surface area contributed by atoms with Gasteiger partial charge >= 0.3 is 0 Å². The number of rotatable bonds is 6. The predicted octanol–water partition coefficient (Wildman–Crippen LogP) is 2.16. The highest BCUT2D eigenvalue weighted by molar-refractivity contribution is 8.00. The van der Waals surface area contributed by atoms with E-state index in [2.05, 4.69) is 15.5 Å². The van der Waals surface area contributed by atoms with Gasteiger partial charge in [-0.05, 0) is 25.6 Å². The standard InChI is InChI=1S/C13H16N4OS2/c1-9(19-10-5-3-2-4-6-10)12(18)15-13-17-16-11(20-13)7-8-14/h2-6,9H,7-8,14H2,1H3,(H,15,17,18). The molecule has 20 heavy (non-hydrogen) atoms. The summed E-state index contributed by atoms with van der Waals surface area (Å²) >= 11 is 2.88. The number of hydrogen-bond donors (Lipinski definition) is 2. The molecule has 7 heteroatoms. The maximum absolute atomic E-state index is 12.1. The summed E-state index contributed by atoms with van der Waals surface area (Å²) in [7, 11) is 0. The summed E-state index contributed by atoms with van der Waals surface area (Å²) in [4.78, 5) is 13.1. The SMILES string of the molecule is CC(Sc1ccccc1)C(=O)Nc1nnc(CCN)s1. The molecule has 5 nitrogen and oxygen atoms in total. The molecule has 0 aliphatic heterocycles. The third-order valence-corrected chi connectivity index (χ3v) is 4.49. The fourth-order valence-corrected chi connectivity index (χ4v) is 3.14. The van der Waals surface area contributed by atoms with Crippen molar-refractivity contribution in [1.82, 2.24) is 10.2 Å². The fraction of sp³-hybridized carbons (Fsp3) is 0.308. The Bertz CT molecular complexity index is 559. The zero-order chi connectivity index (χ0) is 14.4. The number of thioether (sulfide) groups is 1. The van der Waals surface area contributed by atoms with Crippen molar-refractivity contribution < 1.29 is 4.79 Å². The van der Waals surface area contributed by atoms with Crippen molar-refractivity contribution in [1.29, 1.82) is 0 Å². The van der Waals surface area contributed by atoms with Gasteiger partial charge in [0.2, 0.25) is 11.0 Å². The van der Waals surface area contributed by atoms with Gasteiger partial charge in [-0.3, -0.25) is 10.1 Å². The fourth-order valence-electron chi connectivity index (χ4n) is 1.49. The van der Waals surface area contributed by atoms with E-state index in [-0.39, 0.29) is 11.2 Å². The molecule has 1 atom stereocenters. The van der Waals surface area contributed by atoms with E-state index in [0.29, 0.717) is 18.1 Å². The average molecular weight is 308 g/mol. The predicted molar refractivity (Wildman–Crippen MR) is 83.1 cm³/mol. The molecule has 1 unspecified atom stereocenters. The van der Waals surface area contributed by atoms with Crippen LogP contribution >= 0.6 is 23.1 Å². The van der Waals surface area contributed by atoms with E-state index in [1.807, 2.05) is 37.3 Å². The zero-order valence-electron chi connectivity index (χ0n) is 11.1. The molecule has 1 aromatic heterocycles. The van der Waals surface area contributed by atoms with Crippen LogP contribution in [0.3, 0.4) is 0 Å². The smallest absolute Gasteiger partial charge is 0.239 e. The summed E-state index contributed by atoms with van der Waals surface area (Å²) in [5, 5.41) is 11.9. The van der Waals surface area contributed by atoms with Crippen LogP contribution in [0.5, 0.6) is 0 Å². The second kappa shape index (κ2) is 7.37. The van der Waals surface area contributed by atoms with Gasteiger partial charge in [0, 0.05) is 11.3 Å². The second-order valence-electron chi connectivity index (χ2n) is 4.10. The highest BCUT2D eigenvalue weighted by Gasteiger charge is 2.16. The molecule has 0 fully saturated rings. The van der Waals surface area contributed by atoms with Crippen molar-refractivity contribution in [2.45, 2.75) is 23.5 Å². The number of carbonyl (C=O) groups excluding carboxylic acids is 1. The molecule has 2 rings (SSSR count). The number of nitrogens with one attached hydrogen (secondary N) is 1. The molecule has 0 aliphatic carbocycles. The van der Waals surface area contributed by atoms with E-state index in [9.17, 15) is 4.79 Å². The summed E-state index contributed by atoms with van der Waals surface area (Å²) in [6.07, 6.45) is 0.682. The molecule has 1 amide bonds. The molecule has 0 saturated heterocycles. The highest BCUT2D eigenvalue weighted by atomic mass is 32.2. The minimum absolute atomic E-state index is 0.0747. The molecule has 3 N–H and O–H groups in total. The quantitative estimate of drug-likeness (QED) is 0.799. The Labute approximate surface area is 126 Å². The molecule has 0 saturated carbocycles. The molecule has 0 spiro atoms. The number of carbonyl (C=O) groups is 1. The van der Waals surface area contributed by atoms with E-state index in [1.54, 1.807) is 0 Å². The van der Waals surface area contributed by atoms with Crippen molar-refractivity contribution in [3.8, 4) is 0 Å². The minimum atomic E-state index is -0.195. The number of nitrogens with two attached hydrogens (primary N) is 1. The van der Waals surface area contributed by atoms with E-state index in [0.717, 1.165) is 9.90 Å². The van der Waals surface area contributed by atoms with Crippen LogP contribution < -0.4 is 11.1 Å². The lowest BCUT2D eigenvalue weighted by Crippen LogP contribution is -2.22. The van der Waals surface area contributed by atoms with Gasteiger partial charge in [0.25, 0.3) is 0 Å². The van der Waals surface area contributed by atoms with Gasteiger partial charge in [0.1, 0.15) is 5.01 Å². The second-order valence-corrected chi connectivity index (χ2v) is 6.58. The largest absolute Gasteiger partial charge is 0.330 e. The number of aromatic nitrogens is 2. The van der Waals surface area contributed by atoms with Crippen LogP contribution in [0.2, 0.25) is 0 Å². The first kappa shape index (κ1) is 15.0. The van der Waals surface area contributed by atoms with Crippen LogP contribution in [0.1, 0.15) is 11.9 Å². The van der Waals surface area contributed by atoms with E-state index in [4.69, 9.17) is 5.73 Å². The number of benzene rings is 1. The molecule has 0 bridgehead atoms. The average Bonchev–Trinajstić information content (AvgIpc) is 2.87. The van der Waals surface area contributed by atoms with Crippen molar-refractivity contribution in [3.05, 3.63) is 35.3 Å². The first-order valence-corrected chi connectivity index (χ1v) is 7.93. The Kier molecular flexibility index (Phi) is 5.51. The third kappa shape index (κ3) is 4.29. The summed E-state index contributed by atoms with van der Waals surface area (Å²) in [5.41, 5.74) is 5.45. The molecule has 0 aliphatic rings. The van der Waals surface area contributed by atoms with Gasteiger partial charge < -0.3 is 5.73 Å². The summed E-state index contributed by atoms with van der Waals surface area (Å²) in [6, 6.07) is 9.83. The molecular weight excluding hydrogens is 292 g/mol. The Morgan fingerprint density at radius 2 is 2.15 bits per heavy atom. The van der Waals surface area contributed by atoms with Crippen molar-refractivity contribution in [3.63, 3.8) is 0 Å². The van der Waals surface area contributed by atoms with Crippen LogP contribution in [0.25, 0.3) is 0 Å². The van der Waals surface area contributed by atoms with Crippen LogP contribution in [-0.4, -0.2) is 27.9 Å². The molecule has 1 aromatic carbocycles. The number of hydrogen-bond acceptors (Lipinski definition) is 6. The number of amides is 1. The normalized spacial score (nSPS) is 12.1. The van der Waals surface area contributed by atoms with Crippen LogP contribution in [0.4, 0.5) is 5.13 Å². The lowest BCUT2D eigenvalue weighted by atomic mass is 10.4. The van der Waals surface area contributed by atoms with Gasteiger partial charge in [-0.15, -0.1) is 22.0 Å². The Balaban J connectivity index is 1.90. The van der Waals surface area contributed by atoms with Gasteiger partial charge in [-0.1, -0.05) is 29.5 Å². The highest BCUT2D eigenvalue weighted by Crippen LogP contribution is 2.24. The Morgan fingerprint density at radius 1 is 1.40 bits per heavy atom. The number of nitrogens with zero attached hydrogens (tertiary/aromatic N) is 2. The zero-order valence-corrected chi connectivity index (χ0v) is 12.7. The molecule has 0 radical (unpaired) electrons. The van der Waals surface area contributed by atoms with Crippen molar-refractivity contribution in [2.24, 2.45) is 5.73 Å². The van der Waals surface area contributed by atoms with E-state index >= 15 is 0 Å². The molecule has 106 valence electrons.